The minimum absolute atomic E-state index is 0.389. The Bertz CT molecular complexity index is 418. The van der Waals surface area contributed by atoms with Crippen LogP contribution < -0.4 is 0 Å². The molecule has 0 aromatic carbocycles. The summed E-state index contributed by atoms with van der Waals surface area (Å²) >= 11 is 0. The first-order valence-corrected chi connectivity index (χ1v) is 6.41. The van der Waals surface area contributed by atoms with Gasteiger partial charge >= 0.3 is 5.97 Å². The van der Waals surface area contributed by atoms with Crippen LogP contribution in [-0.4, -0.2) is 43.3 Å². The van der Waals surface area contributed by atoms with E-state index in [1.165, 1.54) is 0 Å². The molecule has 1 saturated heterocycles. The van der Waals surface area contributed by atoms with Crippen molar-refractivity contribution in [3.8, 4) is 0 Å². The summed E-state index contributed by atoms with van der Waals surface area (Å²) in [4.78, 5) is 13.4. The lowest BCUT2D eigenvalue weighted by atomic mass is 9.89. The smallest absolute Gasteiger partial charge is 0.320 e. The Labute approximate surface area is 107 Å². The standard InChI is InChI=1S/C12H20N4O2/c1-3-9-4-5-16(10(6-9)12(17)18)7-11-14-13-8-15(11)2/h8-10H,3-7H2,1-2H3,(H,17,18). The Morgan fingerprint density at radius 3 is 2.94 bits per heavy atom. The number of likely N-dealkylation sites (tertiary alicyclic amines) is 1. The zero-order valence-electron chi connectivity index (χ0n) is 10.9. The third-order valence-electron chi connectivity index (χ3n) is 3.83. The van der Waals surface area contributed by atoms with Crippen LogP contribution in [0.25, 0.3) is 0 Å². The minimum Gasteiger partial charge on any atom is -0.480 e. The van der Waals surface area contributed by atoms with Crippen LogP contribution in [0.4, 0.5) is 0 Å². The first kappa shape index (κ1) is 13.0. The van der Waals surface area contributed by atoms with Gasteiger partial charge in [0.25, 0.3) is 0 Å². The van der Waals surface area contributed by atoms with E-state index >= 15 is 0 Å². The molecule has 2 rings (SSSR count). The molecule has 6 nitrogen and oxygen atoms in total. The van der Waals surface area contributed by atoms with Gasteiger partial charge in [0.05, 0.1) is 6.54 Å². The fourth-order valence-electron chi connectivity index (χ4n) is 2.54. The van der Waals surface area contributed by atoms with Gasteiger partial charge in [0.1, 0.15) is 18.2 Å². The molecule has 1 aromatic rings. The quantitative estimate of drug-likeness (QED) is 0.861. The van der Waals surface area contributed by atoms with Crippen LogP contribution in [0.15, 0.2) is 6.33 Å². The van der Waals surface area contributed by atoms with Gasteiger partial charge in [-0.3, -0.25) is 9.69 Å². The van der Waals surface area contributed by atoms with Gasteiger partial charge in [0.15, 0.2) is 0 Å². The number of nitrogens with zero attached hydrogens (tertiary/aromatic N) is 4. The lowest BCUT2D eigenvalue weighted by Crippen LogP contribution is -2.46. The fourth-order valence-corrected chi connectivity index (χ4v) is 2.54. The maximum Gasteiger partial charge on any atom is 0.320 e. The highest BCUT2D eigenvalue weighted by molar-refractivity contribution is 5.73. The van der Waals surface area contributed by atoms with Gasteiger partial charge < -0.3 is 9.67 Å². The van der Waals surface area contributed by atoms with Crippen molar-refractivity contribution in [3.63, 3.8) is 0 Å². The molecule has 1 N–H and O–H groups in total. The second kappa shape index (κ2) is 5.48. The normalized spacial score (nSPS) is 25.2. The van der Waals surface area contributed by atoms with Gasteiger partial charge in [-0.15, -0.1) is 10.2 Å². The van der Waals surface area contributed by atoms with Crippen molar-refractivity contribution in [3.05, 3.63) is 12.2 Å². The Morgan fingerprint density at radius 1 is 1.61 bits per heavy atom. The van der Waals surface area contributed by atoms with Crippen LogP contribution in [0.3, 0.4) is 0 Å². The highest BCUT2D eigenvalue weighted by Crippen LogP contribution is 2.26. The molecule has 0 saturated carbocycles. The molecule has 1 aliphatic rings. The van der Waals surface area contributed by atoms with Crippen LogP contribution in [-0.2, 0) is 18.4 Å². The summed E-state index contributed by atoms with van der Waals surface area (Å²) in [5, 5.41) is 17.2. The largest absolute Gasteiger partial charge is 0.480 e. The van der Waals surface area contributed by atoms with E-state index in [4.69, 9.17) is 0 Å². The highest BCUT2D eigenvalue weighted by atomic mass is 16.4. The van der Waals surface area contributed by atoms with Gasteiger partial charge in [-0.05, 0) is 25.3 Å². The van der Waals surface area contributed by atoms with Crippen molar-refractivity contribution in [2.45, 2.75) is 38.8 Å². The summed E-state index contributed by atoms with van der Waals surface area (Å²) in [6.45, 7) is 3.51. The third kappa shape index (κ3) is 2.69. The maximum absolute atomic E-state index is 11.4. The van der Waals surface area contributed by atoms with Gasteiger partial charge in [-0.2, -0.15) is 0 Å². The summed E-state index contributed by atoms with van der Waals surface area (Å²) in [5.41, 5.74) is 0. The second-order valence-corrected chi connectivity index (χ2v) is 4.98. The van der Waals surface area contributed by atoms with E-state index in [0.717, 1.165) is 31.6 Å². The van der Waals surface area contributed by atoms with Crippen LogP contribution in [0.2, 0.25) is 0 Å². The molecular weight excluding hydrogens is 232 g/mol. The number of aromatic nitrogens is 3. The number of carboxylic acid groups (broad SMARTS) is 1. The van der Waals surface area contributed by atoms with Crippen LogP contribution >= 0.6 is 0 Å². The SMILES string of the molecule is CCC1CCN(Cc2nncn2C)C(C(=O)O)C1. The Hall–Kier alpha value is -1.43. The summed E-state index contributed by atoms with van der Waals surface area (Å²) in [6.07, 6.45) is 4.51. The zero-order valence-corrected chi connectivity index (χ0v) is 10.9. The lowest BCUT2D eigenvalue weighted by Gasteiger charge is -2.36. The van der Waals surface area contributed by atoms with Crippen molar-refractivity contribution in [2.24, 2.45) is 13.0 Å². The van der Waals surface area contributed by atoms with Crippen molar-refractivity contribution < 1.29 is 9.90 Å². The molecule has 1 fully saturated rings. The zero-order chi connectivity index (χ0) is 13.1. The molecular formula is C12H20N4O2. The number of aryl methyl sites for hydroxylation is 1. The molecule has 0 amide bonds. The molecule has 0 radical (unpaired) electrons. The van der Waals surface area contributed by atoms with Crippen molar-refractivity contribution in [1.29, 1.82) is 0 Å². The van der Waals surface area contributed by atoms with Crippen molar-refractivity contribution in [1.82, 2.24) is 19.7 Å². The number of rotatable bonds is 4. The monoisotopic (exact) mass is 252 g/mol. The summed E-state index contributed by atoms with van der Waals surface area (Å²) in [6, 6.07) is -0.389. The Kier molecular flexibility index (Phi) is 3.96. The predicted octanol–water partition coefficient (Wildman–Crippen LogP) is 0.890. The van der Waals surface area contributed by atoms with Crippen LogP contribution in [0.1, 0.15) is 32.0 Å². The molecule has 0 spiro atoms. The summed E-state index contributed by atoms with van der Waals surface area (Å²) in [5.74, 6) is 0.619. The number of piperidine rings is 1. The molecule has 0 aliphatic carbocycles. The molecule has 2 heterocycles. The number of hydrogen-bond donors (Lipinski definition) is 1. The maximum atomic E-state index is 11.4. The number of carboxylic acids is 1. The van der Waals surface area contributed by atoms with Gasteiger partial charge in [0.2, 0.25) is 0 Å². The van der Waals surface area contributed by atoms with Crippen molar-refractivity contribution >= 4 is 5.97 Å². The number of hydrogen-bond acceptors (Lipinski definition) is 4. The van der Waals surface area contributed by atoms with E-state index in [9.17, 15) is 9.90 Å². The Balaban J connectivity index is 2.07. The topological polar surface area (TPSA) is 71.2 Å². The average Bonchev–Trinajstić information content (AvgIpc) is 2.75. The molecule has 6 heteroatoms. The molecule has 2 atom stereocenters. The number of aliphatic carboxylic acids is 1. The summed E-state index contributed by atoms with van der Waals surface area (Å²) < 4.78 is 1.84. The van der Waals surface area contributed by atoms with Gasteiger partial charge in [0, 0.05) is 7.05 Å². The first-order valence-electron chi connectivity index (χ1n) is 6.41. The van der Waals surface area contributed by atoms with Crippen molar-refractivity contribution in [2.75, 3.05) is 6.54 Å². The fraction of sp³-hybridized carbons (Fsp3) is 0.750. The Morgan fingerprint density at radius 2 is 2.39 bits per heavy atom. The van der Waals surface area contributed by atoms with Gasteiger partial charge in [-0.1, -0.05) is 13.3 Å². The van der Waals surface area contributed by atoms with E-state index in [1.54, 1.807) is 6.33 Å². The van der Waals surface area contributed by atoms with Gasteiger partial charge in [-0.25, -0.2) is 0 Å². The average molecular weight is 252 g/mol. The van der Waals surface area contributed by atoms with E-state index in [0.29, 0.717) is 12.5 Å². The molecule has 1 aliphatic heterocycles. The van der Waals surface area contributed by atoms with Crippen LogP contribution in [0.5, 0.6) is 0 Å². The molecule has 18 heavy (non-hydrogen) atoms. The summed E-state index contributed by atoms with van der Waals surface area (Å²) in [7, 11) is 1.88. The molecule has 2 unspecified atom stereocenters. The number of carbonyl (C=O) groups is 1. The minimum atomic E-state index is -0.727. The lowest BCUT2D eigenvalue weighted by molar-refractivity contribution is -0.145. The predicted molar refractivity (Wildman–Crippen MR) is 65.9 cm³/mol. The van der Waals surface area contributed by atoms with E-state index < -0.39 is 5.97 Å². The van der Waals surface area contributed by atoms with Crippen LogP contribution in [0, 0.1) is 5.92 Å². The highest BCUT2D eigenvalue weighted by Gasteiger charge is 2.33. The molecule has 100 valence electrons. The molecule has 1 aromatic heterocycles. The van der Waals surface area contributed by atoms with E-state index in [-0.39, 0.29) is 6.04 Å². The van der Waals surface area contributed by atoms with E-state index in [2.05, 4.69) is 17.1 Å². The molecule has 0 bridgehead atoms. The second-order valence-electron chi connectivity index (χ2n) is 4.98. The third-order valence-corrected chi connectivity index (χ3v) is 3.83. The first-order chi connectivity index (χ1) is 8.61. The van der Waals surface area contributed by atoms with E-state index in [1.807, 2.05) is 16.5 Å².